The molecule has 0 rings (SSSR count). The molecule has 0 aliphatic rings. The average molecular weight is 274 g/mol. The molecule has 0 N–H and O–H groups in total. The molecule has 0 unspecified atom stereocenters. The molecule has 0 atom stereocenters. The Bertz CT molecular complexity index is 42.2. The quantitative estimate of drug-likeness (QED) is 0.674. The van der Waals surface area contributed by atoms with Gasteiger partial charge in [-0.25, -0.2) is 0 Å². The summed E-state index contributed by atoms with van der Waals surface area (Å²) in [5.74, 6) is 0. The SMILES string of the molecule is CCOCCCC[CH2][Tb]. The molecule has 0 amide bonds. The van der Waals surface area contributed by atoms with Gasteiger partial charge in [-0.15, -0.1) is 0 Å². The fourth-order valence-corrected chi connectivity index (χ4v) is 1.14. The molecule has 0 spiro atoms. The van der Waals surface area contributed by atoms with E-state index in [9.17, 15) is 0 Å². The Hall–Kier alpha value is 1.25. The standard InChI is InChI=1S/C7H15O.Tb/c1-3-5-6-7-8-4-2;/h1,3-7H2,2H3;. The van der Waals surface area contributed by atoms with E-state index in [-0.39, 0.29) is 0 Å². The second-order valence-electron chi connectivity index (χ2n) is 1.92. The van der Waals surface area contributed by atoms with Gasteiger partial charge in [0.05, 0.1) is 0 Å². The van der Waals surface area contributed by atoms with Crippen LogP contribution in [0.15, 0.2) is 0 Å². The van der Waals surface area contributed by atoms with Crippen molar-refractivity contribution < 1.29 is 41.4 Å². The summed E-state index contributed by atoms with van der Waals surface area (Å²) in [6.07, 6.45) is 3.92. The van der Waals surface area contributed by atoms with Crippen LogP contribution in [0.1, 0.15) is 26.2 Å². The van der Waals surface area contributed by atoms with Crippen LogP contribution >= 0.6 is 0 Å². The van der Waals surface area contributed by atoms with Crippen LogP contribution in [0.2, 0.25) is 2.39 Å². The van der Waals surface area contributed by atoms with Crippen LogP contribution in [-0.2, 0) is 4.74 Å². The molecule has 1 nitrogen and oxygen atoms in total. The number of hydrogen-bond acceptors (Lipinski definition) is 1. The summed E-state index contributed by atoms with van der Waals surface area (Å²) >= 11 is 2.22. The fraction of sp³-hybridized carbons (Fsp3) is 1.00. The summed E-state index contributed by atoms with van der Waals surface area (Å²) in [6.45, 7) is 3.86. The molecule has 2 heteroatoms. The number of ether oxygens (including phenoxy) is 1. The second kappa shape index (κ2) is 9.25. The Labute approximate surface area is 82.5 Å². The van der Waals surface area contributed by atoms with Gasteiger partial charge < -0.3 is 0 Å². The zero-order valence-electron chi connectivity index (χ0n) is 5.98. The van der Waals surface area contributed by atoms with Crippen LogP contribution in [0.25, 0.3) is 0 Å². The van der Waals surface area contributed by atoms with Gasteiger partial charge in [0.15, 0.2) is 0 Å². The monoisotopic (exact) mass is 274 g/mol. The van der Waals surface area contributed by atoms with Crippen molar-refractivity contribution in [3.63, 3.8) is 0 Å². The number of unbranched alkanes of at least 4 members (excludes halogenated alkanes) is 2. The predicted molar refractivity (Wildman–Crippen MR) is 35.2 cm³/mol. The van der Waals surface area contributed by atoms with Gasteiger partial charge in [-0.2, -0.15) is 0 Å². The molecule has 0 aromatic heterocycles. The van der Waals surface area contributed by atoms with Crippen LogP contribution in [0.4, 0.5) is 0 Å². The van der Waals surface area contributed by atoms with E-state index in [2.05, 4.69) is 36.6 Å². The molecule has 0 bridgehead atoms. The molecule has 0 aliphatic heterocycles. The average Bonchev–Trinajstić information content (AvgIpc) is 1.89. The zero-order chi connectivity index (χ0) is 6.95. The Morgan fingerprint density at radius 1 is 1.22 bits per heavy atom. The summed E-state index contributed by atoms with van der Waals surface area (Å²) in [5, 5.41) is 0. The van der Waals surface area contributed by atoms with E-state index in [1.807, 2.05) is 6.92 Å². The minimum atomic E-state index is 0.867. The van der Waals surface area contributed by atoms with Gasteiger partial charge in [0.1, 0.15) is 0 Å². The molecule has 9 heavy (non-hydrogen) atoms. The Morgan fingerprint density at radius 2 is 2.00 bits per heavy atom. The summed E-state index contributed by atoms with van der Waals surface area (Å²) < 4.78 is 6.49. The third-order valence-corrected chi connectivity index (χ3v) is 1.87. The molecule has 0 saturated carbocycles. The summed E-state index contributed by atoms with van der Waals surface area (Å²) in [5.41, 5.74) is 0. The van der Waals surface area contributed by atoms with E-state index in [4.69, 9.17) is 4.74 Å². The second-order valence-corrected chi connectivity index (χ2v) is 2.99. The van der Waals surface area contributed by atoms with Crippen LogP contribution in [0, 0.1) is 36.6 Å². The normalized spacial score (nSPS) is 10.1. The van der Waals surface area contributed by atoms with Crippen LogP contribution in [0.5, 0.6) is 0 Å². The van der Waals surface area contributed by atoms with Gasteiger partial charge in [-0.1, -0.05) is 0 Å². The third kappa shape index (κ3) is 9.25. The van der Waals surface area contributed by atoms with Gasteiger partial charge in [0.25, 0.3) is 0 Å². The molecular weight excluding hydrogens is 259 g/mol. The fourth-order valence-electron chi connectivity index (χ4n) is 0.609. The molecule has 0 radical (unpaired) electrons. The summed E-state index contributed by atoms with van der Waals surface area (Å²) in [6, 6.07) is 0. The maximum atomic E-state index is 5.18. The van der Waals surface area contributed by atoms with Crippen molar-refractivity contribution in [2.45, 2.75) is 28.6 Å². The van der Waals surface area contributed by atoms with Crippen molar-refractivity contribution in [2.24, 2.45) is 0 Å². The molecule has 0 heterocycles. The first kappa shape index (κ1) is 10.2. The molecule has 0 aromatic carbocycles. The summed E-state index contributed by atoms with van der Waals surface area (Å²) in [4.78, 5) is 0. The molecule has 0 aromatic rings. The molecule has 0 fully saturated rings. The summed E-state index contributed by atoms with van der Waals surface area (Å²) in [7, 11) is 0. The number of rotatable bonds is 6. The first-order chi connectivity index (χ1) is 4.41. The van der Waals surface area contributed by atoms with Gasteiger partial charge in [-0.3, -0.25) is 0 Å². The Kier molecular flexibility index (Phi) is 10.5. The minimum absolute atomic E-state index is 0.867. The van der Waals surface area contributed by atoms with E-state index < -0.39 is 0 Å². The van der Waals surface area contributed by atoms with Crippen LogP contribution in [-0.4, -0.2) is 13.2 Å². The van der Waals surface area contributed by atoms with E-state index in [0.29, 0.717) is 0 Å². The van der Waals surface area contributed by atoms with E-state index in [0.717, 1.165) is 13.2 Å². The van der Waals surface area contributed by atoms with E-state index >= 15 is 0 Å². The van der Waals surface area contributed by atoms with Crippen molar-refractivity contribution in [2.75, 3.05) is 13.2 Å². The van der Waals surface area contributed by atoms with Crippen molar-refractivity contribution >= 4 is 0 Å². The van der Waals surface area contributed by atoms with Gasteiger partial charge in [0, 0.05) is 0 Å². The molecule has 58 valence electrons. The van der Waals surface area contributed by atoms with Crippen molar-refractivity contribution in [1.82, 2.24) is 0 Å². The Balaban J connectivity index is 2.60. The third-order valence-electron chi connectivity index (χ3n) is 1.11. The molecular formula is C7H15OTb. The first-order valence-corrected chi connectivity index (χ1v) is 5.03. The van der Waals surface area contributed by atoms with Crippen LogP contribution < -0.4 is 0 Å². The van der Waals surface area contributed by atoms with E-state index in [1.165, 1.54) is 21.7 Å². The first-order valence-electron chi connectivity index (χ1n) is 3.52. The molecule has 0 aliphatic carbocycles. The van der Waals surface area contributed by atoms with Gasteiger partial charge in [-0.05, 0) is 0 Å². The van der Waals surface area contributed by atoms with Crippen molar-refractivity contribution in [3.8, 4) is 0 Å². The van der Waals surface area contributed by atoms with E-state index in [1.54, 1.807) is 0 Å². The van der Waals surface area contributed by atoms with Crippen molar-refractivity contribution in [3.05, 3.63) is 0 Å². The maximum absolute atomic E-state index is 5.18. The van der Waals surface area contributed by atoms with Gasteiger partial charge in [0.2, 0.25) is 0 Å². The predicted octanol–water partition coefficient (Wildman–Crippen LogP) is 2.16. The zero-order valence-corrected chi connectivity index (χ0v) is 8.12. The topological polar surface area (TPSA) is 9.23 Å². The molecule has 0 saturated heterocycles. The number of hydrogen-bond donors (Lipinski definition) is 0. The van der Waals surface area contributed by atoms with Gasteiger partial charge >= 0.3 is 83.2 Å². The Morgan fingerprint density at radius 3 is 2.56 bits per heavy atom. The van der Waals surface area contributed by atoms with Crippen molar-refractivity contribution in [1.29, 1.82) is 0 Å². The van der Waals surface area contributed by atoms with Crippen LogP contribution in [0.3, 0.4) is 0 Å².